The predicted octanol–water partition coefficient (Wildman–Crippen LogP) is 1.94. The lowest BCUT2D eigenvalue weighted by molar-refractivity contribution is -0.125. The van der Waals surface area contributed by atoms with Crippen LogP contribution in [0.1, 0.15) is 16.8 Å². The molecule has 0 aliphatic carbocycles. The fraction of sp³-hybridized carbons (Fsp3) is 0.316. The van der Waals surface area contributed by atoms with E-state index in [0.717, 1.165) is 12.2 Å². The van der Waals surface area contributed by atoms with Gasteiger partial charge in [-0.3, -0.25) is 19.6 Å². The number of aryl methyl sites for hydroxylation is 1. The molecule has 1 fully saturated rings. The van der Waals surface area contributed by atoms with Gasteiger partial charge in [-0.15, -0.1) is 0 Å². The number of rotatable bonds is 7. The van der Waals surface area contributed by atoms with E-state index < -0.39 is 0 Å². The number of carbonyl (C=O) groups excluding carboxylic acids is 2. The van der Waals surface area contributed by atoms with E-state index in [9.17, 15) is 9.59 Å². The van der Waals surface area contributed by atoms with Crippen molar-refractivity contribution in [3.05, 3.63) is 65.5 Å². The molecule has 0 unspecified atom stereocenters. The first kappa shape index (κ1) is 17.1. The third-order valence-corrected chi connectivity index (χ3v) is 4.34. The van der Waals surface area contributed by atoms with E-state index in [4.69, 9.17) is 0 Å². The summed E-state index contributed by atoms with van der Waals surface area (Å²) in [6.45, 7) is 4.57. The van der Waals surface area contributed by atoms with E-state index in [0.29, 0.717) is 19.6 Å². The molecule has 6 heteroatoms. The van der Waals surface area contributed by atoms with E-state index >= 15 is 0 Å². The van der Waals surface area contributed by atoms with Gasteiger partial charge in [0.15, 0.2) is 0 Å². The molecule has 0 bridgehead atoms. The van der Waals surface area contributed by atoms with Crippen molar-refractivity contribution in [2.75, 3.05) is 19.6 Å². The number of aromatic nitrogens is 1. The van der Waals surface area contributed by atoms with Crippen molar-refractivity contribution in [1.29, 1.82) is 0 Å². The Bertz CT molecular complexity index is 732. The van der Waals surface area contributed by atoms with Crippen LogP contribution in [0.15, 0.2) is 48.7 Å². The summed E-state index contributed by atoms with van der Waals surface area (Å²) in [7, 11) is 0. The molecule has 0 atom stereocenters. The van der Waals surface area contributed by atoms with Gasteiger partial charge in [0.05, 0.1) is 12.2 Å². The van der Waals surface area contributed by atoms with Crippen LogP contribution in [0.25, 0.3) is 0 Å². The van der Waals surface area contributed by atoms with Crippen LogP contribution in [-0.4, -0.2) is 46.4 Å². The number of benzene rings is 1. The lowest BCUT2D eigenvalue weighted by Crippen LogP contribution is -2.38. The molecule has 130 valence electrons. The normalized spacial score (nSPS) is 14.2. The van der Waals surface area contributed by atoms with Gasteiger partial charge in [0.2, 0.25) is 5.91 Å². The number of hydrogen-bond donors (Lipinski definition) is 1. The fourth-order valence-corrected chi connectivity index (χ4v) is 2.89. The minimum absolute atomic E-state index is 0.0941. The molecule has 1 saturated heterocycles. The second-order valence-corrected chi connectivity index (χ2v) is 6.16. The minimum Gasteiger partial charge on any atom is -0.329 e. The standard InChI is InChI=1S/C19H22N4O2/c1-15-6-2-3-7-16(15)13-22(14-17-8-4-5-9-20-17)10-11-23-18(24)12-21-19(23)25/h2-9H,10-14H2,1H3,(H,21,25). The summed E-state index contributed by atoms with van der Waals surface area (Å²) in [5.41, 5.74) is 3.42. The monoisotopic (exact) mass is 338 g/mol. The summed E-state index contributed by atoms with van der Waals surface area (Å²) in [5, 5.41) is 2.56. The van der Waals surface area contributed by atoms with Crippen LogP contribution < -0.4 is 5.32 Å². The van der Waals surface area contributed by atoms with Gasteiger partial charge in [-0.05, 0) is 30.2 Å². The topological polar surface area (TPSA) is 65.5 Å². The van der Waals surface area contributed by atoms with Gasteiger partial charge in [0.1, 0.15) is 0 Å². The van der Waals surface area contributed by atoms with E-state index in [2.05, 4.69) is 34.3 Å². The first-order valence-electron chi connectivity index (χ1n) is 8.38. The molecule has 0 spiro atoms. The lowest BCUT2D eigenvalue weighted by atomic mass is 10.1. The van der Waals surface area contributed by atoms with Gasteiger partial charge in [-0.25, -0.2) is 4.79 Å². The molecule has 1 aromatic heterocycles. The smallest absolute Gasteiger partial charge is 0.324 e. The largest absolute Gasteiger partial charge is 0.329 e. The van der Waals surface area contributed by atoms with Gasteiger partial charge in [-0.1, -0.05) is 30.3 Å². The number of nitrogens with zero attached hydrogens (tertiary/aromatic N) is 3. The molecule has 0 saturated carbocycles. The van der Waals surface area contributed by atoms with Crippen molar-refractivity contribution in [1.82, 2.24) is 20.1 Å². The Balaban J connectivity index is 1.70. The van der Waals surface area contributed by atoms with Crippen molar-refractivity contribution in [2.45, 2.75) is 20.0 Å². The zero-order valence-electron chi connectivity index (χ0n) is 14.3. The fourth-order valence-electron chi connectivity index (χ4n) is 2.89. The lowest BCUT2D eigenvalue weighted by Gasteiger charge is -2.25. The number of nitrogens with one attached hydrogen (secondary N) is 1. The average molecular weight is 338 g/mol. The quantitative estimate of drug-likeness (QED) is 0.784. The number of carbonyl (C=O) groups is 2. The van der Waals surface area contributed by atoms with Crippen molar-refractivity contribution in [3.8, 4) is 0 Å². The van der Waals surface area contributed by atoms with Gasteiger partial charge < -0.3 is 5.32 Å². The first-order chi connectivity index (χ1) is 12.1. The minimum atomic E-state index is -0.307. The van der Waals surface area contributed by atoms with Gasteiger partial charge >= 0.3 is 6.03 Å². The highest BCUT2D eigenvalue weighted by Crippen LogP contribution is 2.13. The molecule has 0 radical (unpaired) electrons. The van der Waals surface area contributed by atoms with Gasteiger partial charge in [0.25, 0.3) is 0 Å². The van der Waals surface area contributed by atoms with Crippen LogP contribution in [0.4, 0.5) is 4.79 Å². The third-order valence-electron chi connectivity index (χ3n) is 4.34. The molecular formula is C19H22N4O2. The molecule has 2 heterocycles. The van der Waals surface area contributed by atoms with Crippen LogP contribution in [0.3, 0.4) is 0 Å². The summed E-state index contributed by atoms with van der Waals surface area (Å²) < 4.78 is 0. The average Bonchev–Trinajstić information content (AvgIpc) is 2.94. The van der Waals surface area contributed by atoms with Crippen molar-refractivity contribution in [2.24, 2.45) is 0 Å². The number of imide groups is 1. The molecule has 1 aliphatic heterocycles. The van der Waals surface area contributed by atoms with Crippen LogP contribution in [-0.2, 0) is 17.9 Å². The molecule has 1 N–H and O–H groups in total. The molecule has 1 aromatic carbocycles. The second-order valence-electron chi connectivity index (χ2n) is 6.16. The zero-order valence-corrected chi connectivity index (χ0v) is 14.3. The molecule has 25 heavy (non-hydrogen) atoms. The summed E-state index contributed by atoms with van der Waals surface area (Å²) in [4.78, 5) is 31.4. The highest BCUT2D eigenvalue weighted by atomic mass is 16.2. The van der Waals surface area contributed by atoms with E-state index in [1.54, 1.807) is 6.20 Å². The molecular weight excluding hydrogens is 316 g/mol. The summed E-state index contributed by atoms with van der Waals surface area (Å²) in [6.07, 6.45) is 1.78. The highest BCUT2D eigenvalue weighted by Gasteiger charge is 2.28. The first-order valence-corrected chi connectivity index (χ1v) is 8.38. The van der Waals surface area contributed by atoms with Gasteiger partial charge in [0, 0.05) is 32.4 Å². The second kappa shape index (κ2) is 7.90. The molecule has 1 aliphatic rings. The van der Waals surface area contributed by atoms with Crippen molar-refractivity contribution >= 4 is 11.9 Å². The molecule has 2 aromatic rings. The molecule has 3 rings (SSSR count). The van der Waals surface area contributed by atoms with E-state index in [1.165, 1.54) is 16.0 Å². The van der Waals surface area contributed by atoms with Gasteiger partial charge in [-0.2, -0.15) is 0 Å². The summed E-state index contributed by atoms with van der Waals surface area (Å²) in [5.74, 6) is -0.168. The third kappa shape index (κ3) is 4.42. The molecule has 3 amide bonds. The SMILES string of the molecule is Cc1ccccc1CN(CCN1C(=O)CNC1=O)Cc1ccccn1. The Kier molecular flexibility index (Phi) is 5.40. The van der Waals surface area contributed by atoms with E-state index in [-0.39, 0.29) is 18.5 Å². The van der Waals surface area contributed by atoms with Crippen LogP contribution in [0.2, 0.25) is 0 Å². The molecule has 6 nitrogen and oxygen atoms in total. The maximum absolute atomic E-state index is 11.8. The Hall–Kier alpha value is -2.73. The highest BCUT2D eigenvalue weighted by molar-refractivity contribution is 6.01. The maximum Gasteiger partial charge on any atom is 0.324 e. The van der Waals surface area contributed by atoms with E-state index in [1.807, 2.05) is 30.3 Å². The Morgan fingerprint density at radius 1 is 1.12 bits per heavy atom. The van der Waals surface area contributed by atoms with Crippen molar-refractivity contribution in [3.63, 3.8) is 0 Å². The Morgan fingerprint density at radius 2 is 1.92 bits per heavy atom. The summed E-state index contributed by atoms with van der Waals surface area (Å²) >= 11 is 0. The van der Waals surface area contributed by atoms with Crippen molar-refractivity contribution < 1.29 is 9.59 Å². The number of hydrogen-bond acceptors (Lipinski definition) is 4. The Morgan fingerprint density at radius 3 is 2.60 bits per heavy atom. The number of urea groups is 1. The van der Waals surface area contributed by atoms with Crippen LogP contribution in [0, 0.1) is 6.92 Å². The predicted molar refractivity (Wildman–Crippen MR) is 94.6 cm³/mol. The summed E-state index contributed by atoms with van der Waals surface area (Å²) in [6, 6.07) is 13.8. The maximum atomic E-state index is 11.8. The Labute approximate surface area is 147 Å². The van der Waals surface area contributed by atoms with Crippen LogP contribution >= 0.6 is 0 Å². The number of pyridine rings is 1. The number of amides is 3. The zero-order chi connectivity index (χ0) is 17.6. The van der Waals surface area contributed by atoms with Crippen LogP contribution in [0.5, 0.6) is 0 Å².